The lowest BCUT2D eigenvalue weighted by atomic mass is 10.1. The predicted octanol–water partition coefficient (Wildman–Crippen LogP) is 4.34. The van der Waals surface area contributed by atoms with Gasteiger partial charge in [0.15, 0.2) is 0 Å². The van der Waals surface area contributed by atoms with Gasteiger partial charge in [-0.25, -0.2) is 0 Å². The molecule has 1 amide bonds. The highest BCUT2D eigenvalue weighted by molar-refractivity contribution is 9.10. The van der Waals surface area contributed by atoms with Crippen LogP contribution in [0.2, 0.25) is 0 Å². The van der Waals surface area contributed by atoms with Crippen LogP contribution in [0.4, 0.5) is 5.69 Å². The fraction of sp³-hybridized carbons (Fsp3) is 0.133. The number of anilines is 1. The summed E-state index contributed by atoms with van der Waals surface area (Å²) >= 11 is 6.57. The number of phenolic OH excluding ortho intramolecular Hbond substituents is 1. The molecule has 0 aromatic heterocycles. The Morgan fingerprint density at radius 1 is 1.15 bits per heavy atom. The monoisotopic (exact) mass is 397 g/mol. The fourth-order valence-corrected chi connectivity index (χ4v) is 2.43. The summed E-state index contributed by atoms with van der Waals surface area (Å²) < 4.78 is 0.563. The molecule has 20 heavy (non-hydrogen) atoms. The number of hydrogen-bond donors (Lipinski definition) is 2. The van der Waals surface area contributed by atoms with Crippen molar-refractivity contribution in [2.45, 2.75) is 6.42 Å². The Labute approximate surface area is 134 Å². The molecule has 0 bridgehead atoms. The average molecular weight is 399 g/mol. The highest BCUT2D eigenvalue weighted by Crippen LogP contribution is 2.24. The van der Waals surface area contributed by atoms with Crippen molar-refractivity contribution >= 4 is 43.5 Å². The van der Waals surface area contributed by atoms with Gasteiger partial charge in [-0.15, -0.1) is 0 Å². The van der Waals surface area contributed by atoms with Crippen molar-refractivity contribution in [1.29, 1.82) is 0 Å². The van der Waals surface area contributed by atoms with Gasteiger partial charge >= 0.3 is 0 Å². The number of nitrogens with one attached hydrogen (secondary N) is 1. The lowest BCUT2D eigenvalue weighted by molar-refractivity contribution is 0.102. The number of hydrogen-bond acceptors (Lipinski definition) is 2. The maximum Gasteiger partial charge on any atom is 0.255 e. The molecular formula is C15H13Br2NO2. The van der Waals surface area contributed by atoms with Crippen LogP contribution in [0.1, 0.15) is 15.9 Å². The first-order chi connectivity index (χ1) is 9.60. The van der Waals surface area contributed by atoms with Gasteiger partial charge in [0.25, 0.3) is 5.91 Å². The molecule has 0 radical (unpaired) electrons. The van der Waals surface area contributed by atoms with Crippen LogP contribution in [0.5, 0.6) is 5.75 Å². The molecule has 0 saturated heterocycles. The standard InChI is InChI=1S/C15H13Br2NO2/c16-8-7-10-1-4-12(5-2-10)18-15(20)11-3-6-13(17)14(19)9-11/h1-6,9,19H,7-8H2,(H,18,20). The predicted molar refractivity (Wildman–Crippen MR) is 87.7 cm³/mol. The number of halogens is 2. The molecule has 5 heteroatoms. The van der Waals surface area contributed by atoms with Crippen molar-refractivity contribution in [2.75, 3.05) is 10.6 Å². The van der Waals surface area contributed by atoms with Gasteiger partial charge in [0, 0.05) is 16.6 Å². The van der Waals surface area contributed by atoms with E-state index in [9.17, 15) is 9.90 Å². The lowest BCUT2D eigenvalue weighted by Crippen LogP contribution is -2.11. The molecule has 0 fully saturated rings. The van der Waals surface area contributed by atoms with Gasteiger partial charge in [0.2, 0.25) is 0 Å². The highest BCUT2D eigenvalue weighted by Gasteiger charge is 2.08. The Morgan fingerprint density at radius 2 is 1.85 bits per heavy atom. The van der Waals surface area contributed by atoms with Crippen molar-refractivity contribution in [3.63, 3.8) is 0 Å². The number of aryl methyl sites for hydroxylation is 1. The van der Waals surface area contributed by atoms with Crippen molar-refractivity contribution in [3.8, 4) is 5.75 Å². The number of amides is 1. The first-order valence-corrected chi connectivity index (χ1v) is 7.96. The van der Waals surface area contributed by atoms with E-state index >= 15 is 0 Å². The minimum absolute atomic E-state index is 0.0466. The maximum absolute atomic E-state index is 12.0. The lowest BCUT2D eigenvalue weighted by Gasteiger charge is -2.07. The molecule has 0 aliphatic heterocycles. The van der Waals surface area contributed by atoms with E-state index in [1.54, 1.807) is 12.1 Å². The molecule has 0 spiro atoms. The molecule has 0 unspecified atom stereocenters. The Hall–Kier alpha value is -1.33. The Morgan fingerprint density at radius 3 is 2.45 bits per heavy atom. The van der Waals surface area contributed by atoms with Gasteiger partial charge in [-0.3, -0.25) is 4.79 Å². The first kappa shape index (κ1) is 15.1. The minimum Gasteiger partial charge on any atom is -0.507 e. The molecule has 0 saturated carbocycles. The van der Waals surface area contributed by atoms with E-state index in [4.69, 9.17) is 0 Å². The largest absolute Gasteiger partial charge is 0.507 e. The van der Waals surface area contributed by atoms with Gasteiger partial charge in [-0.05, 0) is 58.2 Å². The van der Waals surface area contributed by atoms with Crippen LogP contribution < -0.4 is 5.32 Å². The van der Waals surface area contributed by atoms with Crippen molar-refractivity contribution in [3.05, 3.63) is 58.1 Å². The molecule has 0 heterocycles. The van der Waals surface area contributed by atoms with Gasteiger partial charge < -0.3 is 10.4 Å². The van der Waals surface area contributed by atoms with Crippen LogP contribution in [-0.4, -0.2) is 16.3 Å². The van der Waals surface area contributed by atoms with E-state index in [1.165, 1.54) is 11.6 Å². The molecular weight excluding hydrogens is 386 g/mol. The first-order valence-electron chi connectivity index (χ1n) is 6.05. The van der Waals surface area contributed by atoms with E-state index in [-0.39, 0.29) is 11.7 Å². The number of carbonyl (C=O) groups excluding carboxylic acids is 1. The molecule has 3 nitrogen and oxygen atoms in total. The number of alkyl halides is 1. The van der Waals surface area contributed by atoms with Crippen LogP contribution in [0.25, 0.3) is 0 Å². The average Bonchev–Trinajstić information content (AvgIpc) is 2.44. The second kappa shape index (κ2) is 6.90. The van der Waals surface area contributed by atoms with Crippen molar-refractivity contribution < 1.29 is 9.90 Å². The molecule has 2 N–H and O–H groups in total. The van der Waals surface area contributed by atoms with Gasteiger partial charge in [-0.1, -0.05) is 28.1 Å². The van der Waals surface area contributed by atoms with Crippen LogP contribution in [0.15, 0.2) is 46.9 Å². The summed E-state index contributed by atoms with van der Waals surface area (Å²) in [5.41, 5.74) is 2.35. The maximum atomic E-state index is 12.0. The van der Waals surface area contributed by atoms with E-state index in [1.807, 2.05) is 24.3 Å². The molecule has 0 atom stereocenters. The Bertz CT molecular complexity index is 612. The van der Waals surface area contributed by atoms with E-state index in [0.29, 0.717) is 10.0 Å². The Kier molecular flexibility index (Phi) is 5.20. The molecule has 2 rings (SSSR count). The van der Waals surface area contributed by atoms with Crippen molar-refractivity contribution in [1.82, 2.24) is 0 Å². The molecule has 2 aromatic rings. The quantitative estimate of drug-likeness (QED) is 0.752. The summed E-state index contributed by atoms with van der Waals surface area (Å²) in [4.78, 5) is 12.0. The molecule has 104 valence electrons. The molecule has 2 aromatic carbocycles. The van der Waals surface area contributed by atoms with Gasteiger partial charge in [0.1, 0.15) is 5.75 Å². The molecule has 0 aliphatic rings. The third-order valence-electron chi connectivity index (χ3n) is 2.80. The van der Waals surface area contributed by atoms with Gasteiger partial charge in [0.05, 0.1) is 4.47 Å². The fourth-order valence-electron chi connectivity index (χ4n) is 1.72. The van der Waals surface area contributed by atoms with Crippen LogP contribution >= 0.6 is 31.9 Å². The van der Waals surface area contributed by atoms with E-state index < -0.39 is 0 Å². The smallest absolute Gasteiger partial charge is 0.255 e. The number of rotatable bonds is 4. The normalized spacial score (nSPS) is 10.3. The second-order valence-corrected chi connectivity index (χ2v) is 5.90. The molecule has 0 aliphatic carbocycles. The summed E-state index contributed by atoms with van der Waals surface area (Å²) in [6, 6.07) is 12.4. The Balaban J connectivity index is 2.08. The minimum atomic E-state index is -0.249. The van der Waals surface area contributed by atoms with Crippen LogP contribution in [-0.2, 0) is 6.42 Å². The second-order valence-electron chi connectivity index (χ2n) is 4.26. The third kappa shape index (κ3) is 3.84. The topological polar surface area (TPSA) is 49.3 Å². The van der Waals surface area contributed by atoms with Crippen LogP contribution in [0.3, 0.4) is 0 Å². The summed E-state index contributed by atoms with van der Waals surface area (Å²) in [6.07, 6.45) is 0.953. The van der Waals surface area contributed by atoms with Crippen molar-refractivity contribution in [2.24, 2.45) is 0 Å². The summed E-state index contributed by atoms with van der Waals surface area (Å²) in [6.45, 7) is 0. The third-order valence-corrected chi connectivity index (χ3v) is 3.87. The summed E-state index contributed by atoms with van der Waals surface area (Å²) in [5.74, 6) is -0.202. The van der Waals surface area contributed by atoms with E-state index in [2.05, 4.69) is 37.2 Å². The number of aromatic hydroxyl groups is 1. The zero-order valence-electron chi connectivity index (χ0n) is 10.6. The summed E-state index contributed by atoms with van der Waals surface area (Å²) in [5, 5.41) is 13.3. The zero-order valence-corrected chi connectivity index (χ0v) is 13.7. The van der Waals surface area contributed by atoms with Crippen LogP contribution in [0, 0.1) is 0 Å². The highest BCUT2D eigenvalue weighted by atomic mass is 79.9. The summed E-state index contributed by atoms with van der Waals surface area (Å²) in [7, 11) is 0. The van der Waals surface area contributed by atoms with E-state index in [0.717, 1.165) is 17.4 Å². The SMILES string of the molecule is O=C(Nc1ccc(CCBr)cc1)c1ccc(Br)c(O)c1. The number of benzene rings is 2. The number of phenols is 1. The number of carbonyl (C=O) groups is 1. The van der Waals surface area contributed by atoms with Gasteiger partial charge in [-0.2, -0.15) is 0 Å². The zero-order chi connectivity index (χ0) is 14.5.